The van der Waals surface area contributed by atoms with E-state index in [1.165, 1.54) is 0 Å². The number of ether oxygens (including phenoxy) is 1. The molecule has 0 aliphatic rings. The summed E-state index contributed by atoms with van der Waals surface area (Å²) in [5.41, 5.74) is 2.57. The first-order valence-corrected chi connectivity index (χ1v) is 10.5. The quantitative estimate of drug-likeness (QED) is 0.432. The van der Waals surface area contributed by atoms with Gasteiger partial charge in [0.05, 0.1) is 18.2 Å². The van der Waals surface area contributed by atoms with Crippen LogP contribution in [0.15, 0.2) is 70.2 Å². The zero-order valence-corrected chi connectivity index (χ0v) is 18.3. The van der Waals surface area contributed by atoms with Gasteiger partial charge in [-0.25, -0.2) is 9.97 Å². The minimum Gasteiger partial charge on any atom is -0.497 e. The minimum absolute atomic E-state index is 0.143. The fourth-order valence-electron chi connectivity index (χ4n) is 3.24. The van der Waals surface area contributed by atoms with Gasteiger partial charge < -0.3 is 10.1 Å². The van der Waals surface area contributed by atoms with Gasteiger partial charge in [0.15, 0.2) is 0 Å². The lowest BCUT2D eigenvalue weighted by molar-refractivity contribution is 0.414. The summed E-state index contributed by atoms with van der Waals surface area (Å²) in [6, 6.07) is 15.1. The summed E-state index contributed by atoms with van der Waals surface area (Å²) in [5.74, 6) is 1.25. The van der Waals surface area contributed by atoms with Gasteiger partial charge >= 0.3 is 0 Å². The molecule has 0 atom stereocenters. The zero-order valence-electron chi connectivity index (χ0n) is 16.7. The van der Waals surface area contributed by atoms with Crippen LogP contribution in [0.1, 0.15) is 13.3 Å². The summed E-state index contributed by atoms with van der Waals surface area (Å²) in [5, 5.41) is 3.98. The van der Waals surface area contributed by atoms with Gasteiger partial charge in [0.2, 0.25) is 5.95 Å². The molecule has 2 aromatic heterocycles. The summed E-state index contributed by atoms with van der Waals surface area (Å²) in [4.78, 5) is 22.7. The van der Waals surface area contributed by atoms with Crippen molar-refractivity contribution in [3.8, 4) is 22.6 Å². The van der Waals surface area contributed by atoms with Crippen molar-refractivity contribution in [1.82, 2.24) is 14.5 Å². The second kappa shape index (κ2) is 8.67. The van der Waals surface area contributed by atoms with Gasteiger partial charge in [0.1, 0.15) is 5.75 Å². The minimum atomic E-state index is -0.143. The molecule has 1 N–H and O–H groups in total. The maximum Gasteiger partial charge on any atom is 0.265 e. The van der Waals surface area contributed by atoms with Crippen LogP contribution in [0.2, 0.25) is 0 Å². The Morgan fingerprint density at radius 2 is 1.83 bits per heavy atom. The number of pyridine rings is 1. The first kappa shape index (κ1) is 20.1. The molecule has 7 heteroatoms. The van der Waals surface area contributed by atoms with Crippen LogP contribution in [-0.4, -0.2) is 28.2 Å². The standard InChI is InChI=1S/C23H21BrN4O2/c1-3-12-25-23-26-13-16-14-28(18-8-10-19(30-2)11-9-18)22(29)20(21(16)27-23)15-4-6-17(24)7-5-15/h4-11,13-14H,3,12H2,1-2H3,(H,25,27). The van der Waals surface area contributed by atoms with Gasteiger partial charge in [0.25, 0.3) is 5.56 Å². The molecule has 4 aromatic rings. The lowest BCUT2D eigenvalue weighted by atomic mass is 10.0. The van der Waals surface area contributed by atoms with E-state index in [0.717, 1.165) is 39.8 Å². The molecule has 0 amide bonds. The molecular weight excluding hydrogens is 444 g/mol. The Morgan fingerprint density at radius 3 is 2.50 bits per heavy atom. The topological polar surface area (TPSA) is 69.0 Å². The highest BCUT2D eigenvalue weighted by Crippen LogP contribution is 2.27. The molecule has 0 saturated carbocycles. The van der Waals surface area contributed by atoms with Gasteiger partial charge in [-0.05, 0) is 48.4 Å². The first-order valence-electron chi connectivity index (χ1n) is 9.67. The lowest BCUT2D eigenvalue weighted by Crippen LogP contribution is -2.21. The van der Waals surface area contributed by atoms with Crippen LogP contribution in [0.3, 0.4) is 0 Å². The van der Waals surface area contributed by atoms with Gasteiger partial charge in [-0.3, -0.25) is 9.36 Å². The van der Waals surface area contributed by atoms with Crippen molar-refractivity contribution in [1.29, 1.82) is 0 Å². The number of rotatable bonds is 6. The van der Waals surface area contributed by atoms with Crippen molar-refractivity contribution in [2.75, 3.05) is 19.0 Å². The van der Waals surface area contributed by atoms with Gasteiger partial charge in [-0.1, -0.05) is 35.0 Å². The second-order valence-electron chi connectivity index (χ2n) is 6.81. The van der Waals surface area contributed by atoms with Crippen LogP contribution < -0.4 is 15.6 Å². The highest BCUT2D eigenvalue weighted by molar-refractivity contribution is 9.10. The highest BCUT2D eigenvalue weighted by Gasteiger charge is 2.16. The Kier molecular flexibility index (Phi) is 5.81. The Balaban J connectivity index is 1.97. The molecular formula is C23H21BrN4O2. The van der Waals surface area contributed by atoms with Crippen LogP contribution in [-0.2, 0) is 0 Å². The number of aromatic nitrogens is 3. The van der Waals surface area contributed by atoms with Gasteiger partial charge in [-0.2, -0.15) is 0 Å². The first-order chi connectivity index (χ1) is 14.6. The molecule has 0 aliphatic carbocycles. The molecule has 2 aromatic carbocycles. The molecule has 152 valence electrons. The van der Waals surface area contributed by atoms with E-state index in [4.69, 9.17) is 4.74 Å². The number of nitrogens with zero attached hydrogens (tertiary/aromatic N) is 3. The highest BCUT2D eigenvalue weighted by atomic mass is 79.9. The SMILES string of the molecule is CCCNc1ncc2cn(-c3ccc(OC)cc3)c(=O)c(-c3ccc(Br)cc3)c2n1. The van der Waals surface area contributed by atoms with Crippen molar-refractivity contribution in [2.45, 2.75) is 13.3 Å². The van der Waals surface area contributed by atoms with Crippen LogP contribution in [0.25, 0.3) is 27.7 Å². The summed E-state index contributed by atoms with van der Waals surface area (Å²) in [6.45, 7) is 2.84. The Morgan fingerprint density at radius 1 is 1.10 bits per heavy atom. The molecule has 6 nitrogen and oxygen atoms in total. The monoisotopic (exact) mass is 464 g/mol. The van der Waals surface area contributed by atoms with E-state index in [1.807, 2.05) is 48.5 Å². The van der Waals surface area contributed by atoms with Crippen LogP contribution in [0.5, 0.6) is 5.75 Å². The van der Waals surface area contributed by atoms with Crippen molar-refractivity contribution < 1.29 is 4.74 Å². The summed E-state index contributed by atoms with van der Waals surface area (Å²) >= 11 is 3.46. The fraction of sp³-hybridized carbons (Fsp3) is 0.174. The molecule has 0 fully saturated rings. The number of anilines is 1. The molecule has 0 saturated heterocycles. The average molecular weight is 465 g/mol. The predicted octanol–water partition coefficient (Wildman–Crippen LogP) is 5.04. The van der Waals surface area contributed by atoms with Crippen LogP contribution >= 0.6 is 15.9 Å². The van der Waals surface area contributed by atoms with E-state index in [9.17, 15) is 4.79 Å². The molecule has 4 rings (SSSR count). The van der Waals surface area contributed by atoms with Crippen molar-refractivity contribution in [2.24, 2.45) is 0 Å². The number of benzene rings is 2. The van der Waals surface area contributed by atoms with E-state index >= 15 is 0 Å². The third-order valence-corrected chi connectivity index (χ3v) is 5.30. The van der Waals surface area contributed by atoms with E-state index in [-0.39, 0.29) is 5.56 Å². The fourth-order valence-corrected chi connectivity index (χ4v) is 3.50. The van der Waals surface area contributed by atoms with E-state index in [1.54, 1.807) is 24.1 Å². The molecule has 30 heavy (non-hydrogen) atoms. The lowest BCUT2D eigenvalue weighted by Gasteiger charge is -2.13. The van der Waals surface area contributed by atoms with Gasteiger partial charge in [-0.15, -0.1) is 0 Å². The molecule has 0 unspecified atom stereocenters. The van der Waals surface area contributed by atoms with E-state index in [0.29, 0.717) is 17.0 Å². The third kappa shape index (κ3) is 3.93. The predicted molar refractivity (Wildman–Crippen MR) is 124 cm³/mol. The largest absolute Gasteiger partial charge is 0.497 e. The maximum atomic E-state index is 13.6. The number of hydrogen-bond acceptors (Lipinski definition) is 5. The number of fused-ring (bicyclic) bond motifs is 1. The van der Waals surface area contributed by atoms with E-state index < -0.39 is 0 Å². The summed E-state index contributed by atoms with van der Waals surface area (Å²) in [7, 11) is 1.62. The zero-order chi connectivity index (χ0) is 21.1. The van der Waals surface area contributed by atoms with Crippen LogP contribution in [0, 0.1) is 0 Å². The Bertz CT molecular complexity index is 1240. The summed E-state index contributed by atoms with van der Waals surface area (Å²) < 4.78 is 7.81. The van der Waals surface area contributed by atoms with Crippen molar-refractivity contribution in [3.05, 3.63) is 75.8 Å². The van der Waals surface area contributed by atoms with Crippen molar-refractivity contribution in [3.63, 3.8) is 0 Å². The second-order valence-corrected chi connectivity index (χ2v) is 7.72. The van der Waals surface area contributed by atoms with E-state index in [2.05, 4.69) is 38.1 Å². The molecule has 2 heterocycles. The molecule has 0 radical (unpaired) electrons. The number of methoxy groups -OCH3 is 1. The van der Waals surface area contributed by atoms with Gasteiger partial charge in [0, 0.05) is 34.5 Å². The Hall–Kier alpha value is -3.19. The third-order valence-electron chi connectivity index (χ3n) is 4.77. The van der Waals surface area contributed by atoms with Crippen LogP contribution in [0.4, 0.5) is 5.95 Å². The maximum absolute atomic E-state index is 13.6. The molecule has 0 bridgehead atoms. The smallest absolute Gasteiger partial charge is 0.265 e. The van der Waals surface area contributed by atoms with Crippen molar-refractivity contribution >= 4 is 32.8 Å². The normalized spacial score (nSPS) is 10.9. The number of halogens is 1. The molecule has 0 aliphatic heterocycles. The summed E-state index contributed by atoms with van der Waals surface area (Å²) in [6.07, 6.45) is 4.49. The number of nitrogens with one attached hydrogen (secondary N) is 1. The Labute approximate surface area is 182 Å². The average Bonchev–Trinajstić information content (AvgIpc) is 2.78. The molecule has 0 spiro atoms. The number of hydrogen-bond donors (Lipinski definition) is 1.